The van der Waals surface area contributed by atoms with Gasteiger partial charge in [-0.1, -0.05) is 6.07 Å². The van der Waals surface area contributed by atoms with Crippen LogP contribution in [-0.4, -0.2) is 41.2 Å². The summed E-state index contributed by atoms with van der Waals surface area (Å²) in [5.41, 5.74) is 0. The summed E-state index contributed by atoms with van der Waals surface area (Å²) in [7, 11) is 0. The monoisotopic (exact) mass is 284 g/mol. The van der Waals surface area contributed by atoms with Gasteiger partial charge in [-0.2, -0.15) is 0 Å². The van der Waals surface area contributed by atoms with Gasteiger partial charge in [0, 0.05) is 13.1 Å². The maximum atomic E-state index is 11.9. The molecule has 0 bridgehead atoms. The van der Waals surface area contributed by atoms with E-state index in [-0.39, 0.29) is 18.1 Å². The van der Waals surface area contributed by atoms with Crippen LogP contribution in [0.25, 0.3) is 0 Å². The third kappa shape index (κ3) is 3.28. The smallest absolute Gasteiger partial charge is 0.267 e. The lowest BCUT2D eigenvalue weighted by Gasteiger charge is -2.36. The molecule has 6 heteroatoms. The van der Waals surface area contributed by atoms with E-state index in [1.807, 2.05) is 30.2 Å². The summed E-state index contributed by atoms with van der Waals surface area (Å²) in [6.07, 6.45) is 0.260. The average molecular weight is 284 g/mol. The van der Waals surface area contributed by atoms with Crippen molar-refractivity contribution >= 4 is 34.6 Å². The van der Waals surface area contributed by atoms with Crippen molar-refractivity contribution in [3.63, 3.8) is 0 Å². The van der Waals surface area contributed by atoms with Gasteiger partial charge in [0.25, 0.3) is 5.91 Å². The minimum atomic E-state index is -0.137. The van der Waals surface area contributed by atoms with Crippen LogP contribution in [0.2, 0.25) is 0 Å². The van der Waals surface area contributed by atoms with Crippen LogP contribution in [0.4, 0.5) is 0 Å². The molecule has 1 N–H and O–H groups in total. The largest absolute Gasteiger partial charge is 0.372 e. The molecule has 98 valence electrons. The van der Waals surface area contributed by atoms with Gasteiger partial charge in [0.05, 0.1) is 17.1 Å². The number of carbonyl (C=O) groups excluding carboxylic acids is 1. The molecule has 1 aromatic heterocycles. The molecule has 0 aliphatic carbocycles. The number of thiophene rings is 1. The van der Waals surface area contributed by atoms with Crippen LogP contribution in [0.5, 0.6) is 0 Å². The lowest BCUT2D eigenvalue weighted by Crippen LogP contribution is -2.52. The summed E-state index contributed by atoms with van der Waals surface area (Å²) >= 11 is 6.68. The molecule has 1 aliphatic rings. The van der Waals surface area contributed by atoms with E-state index in [4.69, 9.17) is 17.0 Å². The van der Waals surface area contributed by atoms with Crippen LogP contribution in [0, 0.1) is 0 Å². The maximum Gasteiger partial charge on any atom is 0.267 e. The summed E-state index contributed by atoms with van der Waals surface area (Å²) in [5, 5.41) is 5.12. The Balaban J connectivity index is 1.93. The summed E-state index contributed by atoms with van der Waals surface area (Å²) in [6, 6.07) is 3.63. The predicted octanol–water partition coefficient (Wildman–Crippen LogP) is 1.87. The summed E-state index contributed by atoms with van der Waals surface area (Å²) < 4.78 is 5.63. The number of thiocarbonyl (C=S) groups is 1. The van der Waals surface area contributed by atoms with Crippen molar-refractivity contribution in [3.8, 4) is 0 Å². The lowest BCUT2D eigenvalue weighted by atomic mass is 10.2. The fourth-order valence-electron chi connectivity index (χ4n) is 1.99. The number of carbonyl (C=O) groups is 1. The standard InChI is InChI=1S/C12H16N2O2S2/c1-8-6-14(7-9(2)16-8)12(17)13-11(15)10-4-3-5-18-10/h3-5,8-9H,6-7H2,1-2H3,(H,13,15,17)/t8-,9-/m0/s1. The quantitative estimate of drug-likeness (QED) is 0.800. The van der Waals surface area contributed by atoms with Crippen molar-refractivity contribution in [1.29, 1.82) is 0 Å². The normalized spacial score (nSPS) is 23.8. The zero-order valence-corrected chi connectivity index (χ0v) is 12.0. The molecule has 1 fully saturated rings. The Kier molecular flexibility index (Phi) is 4.31. The molecular weight excluding hydrogens is 268 g/mol. The van der Waals surface area contributed by atoms with Crippen LogP contribution in [0.15, 0.2) is 17.5 Å². The molecular formula is C12H16N2O2S2. The van der Waals surface area contributed by atoms with Crippen molar-refractivity contribution in [1.82, 2.24) is 10.2 Å². The Bertz CT molecular complexity index is 423. The molecule has 0 spiro atoms. The molecule has 0 aromatic carbocycles. The highest BCUT2D eigenvalue weighted by molar-refractivity contribution is 7.80. The first-order valence-corrected chi connectivity index (χ1v) is 7.14. The van der Waals surface area contributed by atoms with Crippen LogP contribution < -0.4 is 5.32 Å². The number of nitrogens with zero attached hydrogens (tertiary/aromatic N) is 1. The van der Waals surface area contributed by atoms with Crippen molar-refractivity contribution in [2.24, 2.45) is 0 Å². The average Bonchev–Trinajstić information content (AvgIpc) is 2.80. The third-order valence-corrected chi connectivity index (χ3v) is 3.90. The molecule has 2 rings (SSSR count). The Labute approximate surface area is 116 Å². The van der Waals surface area contributed by atoms with Crippen molar-refractivity contribution < 1.29 is 9.53 Å². The predicted molar refractivity (Wildman–Crippen MR) is 76.0 cm³/mol. The van der Waals surface area contributed by atoms with Gasteiger partial charge < -0.3 is 9.64 Å². The fraction of sp³-hybridized carbons (Fsp3) is 0.500. The van der Waals surface area contributed by atoms with E-state index >= 15 is 0 Å². The Morgan fingerprint density at radius 2 is 2.17 bits per heavy atom. The van der Waals surface area contributed by atoms with E-state index in [9.17, 15) is 4.79 Å². The minimum absolute atomic E-state index is 0.130. The van der Waals surface area contributed by atoms with Crippen molar-refractivity contribution in [2.75, 3.05) is 13.1 Å². The lowest BCUT2D eigenvalue weighted by molar-refractivity contribution is -0.0481. The molecule has 2 atom stereocenters. The van der Waals surface area contributed by atoms with Crippen molar-refractivity contribution in [2.45, 2.75) is 26.1 Å². The zero-order valence-electron chi connectivity index (χ0n) is 10.4. The number of rotatable bonds is 1. The third-order valence-electron chi connectivity index (χ3n) is 2.67. The molecule has 0 unspecified atom stereocenters. The number of hydrogen-bond donors (Lipinski definition) is 1. The second kappa shape index (κ2) is 5.77. The first kappa shape index (κ1) is 13.5. The number of amides is 1. The van der Waals surface area contributed by atoms with Gasteiger partial charge in [0.2, 0.25) is 0 Å². The highest BCUT2D eigenvalue weighted by Crippen LogP contribution is 2.12. The zero-order chi connectivity index (χ0) is 13.1. The van der Waals surface area contributed by atoms with Gasteiger partial charge >= 0.3 is 0 Å². The Hall–Kier alpha value is -0.980. The van der Waals surface area contributed by atoms with Gasteiger partial charge in [-0.15, -0.1) is 11.3 Å². The summed E-state index contributed by atoms with van der Waals surface area (Å²) in [5.74, 6) is -0.137. The minimum Gasteiger partial charge on any atom is -0.372 e. The number of ether oxygens (including phenoxy) is 1. The van der Waals surface area contributed by atoms with E-state index in [2.05, 4.69) is 5.32 Å². The fourth-order valence-corrected chi connectivity index (χ4v) is 2.85. The summed E-state index contributed by atoms with van der Waals surface area (Å²) in [6.45, 7) is 5.44. The highest BCUT2D eigenvalue weighted by atomic mass is 32.1. The van der Waals surface area contributed by atoms with Crippen LogP contribution in [0.3, 0.4) is 0 Å². The van der Waals surface area contributed by atoms with E-state index in [0.29, 0.717) is 23.1 Å². The molecule has 1 amide bonds. The van der Waals surface area contributed by atoms with E-state index in [1.165, 1.54) is 11.3 Å². The topological polar surface area (TPSA) is 41.6 Å². The Morgan fingerprint density at radius 1 is 1.50 bits per heavy atom. The van der Waals surface area contributed by atoms with Gasteiger partial charge in [-0.05, 0) is 37.5 Å². The highest BCUT2D eigenvalue weighted by Gasteiger charge is 2.24. The number of morpholine rings is 1. The van der Waals surface area contributed by atoms with Gasteiger partial charge in [-0.25, -0.2) is 0 Å². The van der Waals surface area contributed by atoms with Crippen LogP contribution in [-0.2, 0) is 4.74 Å². The SMILES string of the molecule is C[C@H]1CN(C(=S)NC(=O)c2cccs2)C[C@H](C)O1. The molecule has 0 radical (unpaired) electrons. The molecule has 1 aliphatic heterocycles. The first-order valence-electron chi connectivity index (χ1n) is 5.85. The number of hydrogen-bond acceptors (Lipinski definition) is 4. The Morgan fingerprint density at radius 3 is 2.72 bits per heavy atom. The molecule has 18 heavy (non-hydrogen) atoms. The first-order chi connectivity index (χ1) is 8.56. The van der Waals surface area contributed by atoms with Crippen LogP contribution in [0.1, 0.15) is 23.5 Å². The second-order valence-corrected chi connectivity index (χ2v) is 5.73. The van der Waals surface area contributed by atoms with E-state index < -0.39 is 0 Å². The van der Waals surface area contributed by atoms with E-state index in [0.717, 1.165) is 0 Å². The molecule has 1 aromatic rings. The molecule has 4 nitrogen and oxygen atoms in total. The van der Waals surface area contributed by atoms with Crippen LogP contribution >= 0.6 is 23.6 Å². The number of nitrogens with one attached hydrogen (secondary N) is 1. The van der Waals surface area contributed by atoms with Crippen molar-refractivity contribution in [3.05, 3.63) is 22.4 Å². The molecule has 1 saturated heterocycles. The van der Waals surface area contributed by atoms with Gasteiger partial charge in [0.1, 0.15) is 0 Å². The summed E-state index contributed by atoms with van der Waals surface area (Å²) in [4.78, 5) is 14.5. The van der Waals surface area contributed by atoms with Gasteiger partial charge in [-0.3, -0.25) is 10.1 Å². The maximum absolute atomic E-state index is 11.9. The molecule has 2 heterocycles. The molecule has 0 saturated carbocycles. The van der Waals surface area contributed by atoms with E-state index in [1.54, 1.807) is 6.07 Å². The second-order valence-electron chi connectivity index (χ2n) is 4.40. The van der Waals surface area contributed by atoms with Gasteiger partial charge in [0.15, 0.2) is 5.11 Å².